The van der Waals surface area contributed by atoms with Crippen LogP contribution in [0.15, 0.2) is 91.3 Å². The minimum Gasteiger partial charge on any atom is -0.371 e. The van der Waals surface area contributed by atoms with E-state index in [4.69, 9.17) is 4.98 Å². The van der Waals surface area contributed by atoms with Gasteiger partial charge < -0.3 is 20.4 Å². The second-order valence-electron chi connectivity index (χ2n) is 13.7. The topological polar surface area (TPSA) is 90.7 Å². The molecule has 2 aliphatic heterocycles. The first-order valence-electron chi connectivity index (χ1n) is 18.0. The standard InChI is InChI=1S/C41H39F3N8O/c1-26-24-30(51-22-16-29(17-23-51)50-19-3-2-4-20-50)13-14-34(26)46-41-45-18-15-35(47-41)38-36(48-39-33(44)12-7-21-52(38)39)27-8-5-9-28(25-27)40(53)49-37-31(42)10-6-11-32(37)43/h5-15,18,21,24-25,29H,2-4,16-17,19-20,22-23H2,1H3,(H,49,53)(H,45,46,47). The van der Waals surface area contributed by atoms with Crippen molar-refractivity contribution >= 4 is 34.6 Å². The number of aryl methyl sites for hydroxylation is 1. The molecule has 0 aliphatic carbocycles. The van der Waals surface area contributed by atoms with Crippen molar-refractivity contribution in [3.8, 4) is 22.6 Å². The van der Waals surface area contributed by atoms with Crippen molar-refractivity contribution in [2.45, 2.75) is 45.1 Å². The fraction of sp³-hybridized carbons (Fsp3) is 0.268. The van der Waals surface area contributed by atoms with Crippen LogP contribution in [-0.2, 0) is 0 Å². The van der Waals surface area contributed by atoms with Crippen molar-refractivity contribution in [2.24, 2.45) is 0 Å². The number of aromatic nitrogens is 4. The van der Waals surface area contributed by atoms with Crippen molar-refractivity contribution < 1.29 is 18.0 Å². The predicted molar refractivity (Wildman–Crippen MR) is 201 cm³/mol. The van der Waals surface area contributed by atoms with Crippen molar-refractivity contribution in [1.82, 2.24) is 24.3 Å². The van der Waals surface area contributed by atoms with E-state index in [1.165, 1.54) is 69.1 Å². The van der Waals surface area contributed by atoms with E-state index in [0.29, 0.717) is 34.6 Å². The zero-order valence-electron chi connectivity index (χ0n) is 29.3. The summed E-state index contributed by atoms with van der Waals surface area (Å²) in [6, 6.07) is 21.4. The number of imidazole rings is 1. The summed E-state index contributed by atoms with van der Waals surface area (Å²) in [6.07, 6.45) is 9.66. The van der Waals surface area contributed by atoms with E-state index in [0.717, 1.165) is 36.5 Å². The largest absolute Gasteiger partial charge is 0.371 e. The Kier molecular flexibility index (Phi) is 9.53. The minimum atomic E-state index is -0.893. The maximum atomic E-state index is 15.2. The summed E-state index contributed by atoms with van der Waals surface area (Å²) in [5.74, 6) is -2.70. The minimum absolute atomic E-state index is 0.0697. The highest BCUT2D eigenvalue weighted by Gasteiger charge is 2.26. The second-order valence-corrected chi connectivity index (χ2v) is 13.7. The van der Waals surface area contributed by atoms with Gasteiger partial charge in [-0.3, -0.25) is 9.20 Å². The number of nitrogens with one attached hydrogen (secondary N) is 2. The highest BCUT2D eigenvalue weighted by Crippen LogP contribution is 2.34. The molecule has 8 rings (SSSR count). The average Bonchev–Trinajstić information content (AvgIpc) is 3.59. The van der Waals surface area contributed by atoms with Gasteiger partial charge >= 0.3 is 0 Å². The van der Waals surface area contributed by atoms with Gasteiger partial charge in [-0.25, -0.2) is 28.1 Å². The van der Waals surface area contributed by atoms with Crippen molar-refractivity contribution in [3.05, 3.63) is 120 Å². The highest BCUT2D eigenvalue weighted by atomic mass is 19.1. The molecule has 5 heterocycles. The van der Waals surface area contributed by atoms with Crippen LogP contribution < -0.4 is 15.5 Å². The van der Waals surface area contributed by atoms with Crippen molar-refractivity contribution in [1.29, 1.82) is 0 Å². The molecule has 9 nitrogen and oxygen atoms in total. The van der Waals surface area contributed by atoms with Gasteiger partial charge in [-0.05, 0) is 112 Å². The molecule has 12 heteroatoms. The molecule has 53 heavy (non-hydrogen) atoms. The summed E-state index contributed by atoms with van der Waals surface area (Å²) in [5, 5.41) is 5.68. The lowest BCUT2D eigenvalue weighted by Gasteiger charge is -2.41. The van der Waals surface area contributed by atoms with Gasteiger partial charge in [0.25, 0.3) is 5.91 Å². The lowest BCUT2D eigenvalue weighted by molar-refractivity contribution is 0.102. The third-order valence-electron chi connectivity index (χ3n) is 10.3. The zero-order chi connectivity index (χ0) is 36.5. The maximum absolute atomic E-state index is 15.2. The predicted octanol–water partition coefficient (Wildman–Crippen LogP) is 8.63. The zero-order valence-corrected chi connectivity index (χ0v) is 29.3. The summed E-state index contributed by atoms with van der Waals surface area (Å²) < 4.78 is 45.3. The van der Waals surface area contributed by atoms with Crippen LogP contribution in [0.3, 0.4) is 0 Å². The number of piperidine rings is 2. The lowest BCUT2D eigenvalue weighted by atomic mass is 9.99. The Morgan fingerprint density at radius 1 is 0.811 bits per heavy atom. The number of para-hydroxylation sites is 1. The van der Waals surface area contributed by atoms with Crippen LogP contribution in [0.2, 0.25) is 0 Å². The maximum Gasteiger partial charge on any atom is 0.255 e. The molecule has 0 saturated carbocycles. The first kappa shape index (κ1) is 34.3. The first-order chi connectivity index (χ1) is 25.8. The third-order valence-corrected chi connectivity index (χ3v) is 10.3. The van der Waals surface area contributed by atoms with E-state index in [2.05, 4.69) is 55.5 Å². The number of anilines is 4. The molecule has 2 N–H and O–H groups in total. The monoisotopic (exact) mass is 716 g/mol. The van der Waals surface area contributed by atoms with E-state index >= 15 is 4.39 Å². The number of amides is 1. The van der Waals surface area contributed by atoms with Crippen molar-refractivity contribution in [3.63, 3.8) is 0 Å². The number of hydrogen-bond acceptors (Lipinski definition) is 7. The normalized spacial score (nSPS) is 15.5. The summed E-state index contributed by atoms with van der Waals surface area (Å²) in [6.45, 7) is 6.61. The van der Waals surface area contributed by atoms with Gasteiger partial charge in [-0.2, -0.15) is 0 Å². The van der Waals surface area contributed by atoms with E-state index in [9.17, 15) is 13.6 Å². The molecule has 2 fully saturated rings. The van der Waals surface area contributed by atoms with Crippen LogP contribution in [0.5, 0.6) is 0 Å². The smallest absolute Gasteiger partial charge is 0.255 e. The van der Waals surface area contributed by atoms with Crippen LogP contribution >= 0.6 is 0 Å². The molecular weight excluding hydrogens is 678 g/mol. The Bertz CT molecular complexity index is 2280. The molecule has 2 aliphatic rings. The number of nitrogens with zero attached hydrogens (tertiary/aromatic N) is 6. The SMILES string of the molecule is Cc1cc(N2CCC(N3CCCCC3)CC2)ccc1Nc1nccc(-c2c(-c3cccc(C(=O)Nc4c(F)cccc4F)c3)nc3c(F)cccn23)n1. The van der Waals surface area contributed by atoms with Gasteiger partial charge in [0.15, 0.2) is 11.5 Å². The number of carbonyl (C=O) groups excluding carboxylic acids is 1. The van der Waals surface area contributed by atoms with Crippen LogP contribution in [0.25, 0.3) is 28.3 Å². The van der Waals surface area contributed by atoms with Crippen molar-refractivity contribution in [2.75, 3.05) is 41.7 Å². The van der Waals surface area contributed by atoms with Crippen LogP contribution in [-0.4, -0.2) is 62.4 Å². The van der Waals surface area contributed by atoms with E-state index < -0.39 is 29.0 Å². The Balaban J connectivity index is 1.05. The lowest BCUT2D eigenvalue weighted by Crippen LogP contribution is -2.46. The molecule has 2 saturated heterocycles. The van der Waals surface area contributed by atoms with Gasteiger partial charge in [0.2, 0.25) is 5.95 Å². The number of rotatable bonds is 8. The quantitative estimate of drug-likeness (QED) is 0.163. The van der Waals surface area contributed by atoms with Gasteiger partial charge in [-0.1, -0.05) is 24.6 Å². The number of fused-ring (bicyclic) bond motifs is 1. The molecule has 0 radical (unpaired) electrons. The highest BCUT2D eigenvalue weighted by molar-refractivity contribution is 6.05. The second kappa shape index (κ2) is 14.7. The summed E-state index contributed by atoms with van der Waals surface area (Å²) >= 11 is 0. The van der Waals surface area contributed by atoms with E-state index in [-0.39, 0.29) is 11.2 Å². The summed E-state index contributed by atoms with van der Waals surface area (Å²) in [5.41, 5.74) is 4.54. The Labute approximate surface area is 305 Å². The number of carbonyl (C=O) groups is 1. The fourth-order valence-electron chi connectivity index (χ4n) is 7.52. The number of hydrogen-bond donors (Lipinski definition) is 2. The van der Waals surface area contributed by atoms with E-state index in [1.807, 2.05) is 0 Å². The number of likely N-dealkylation sites (tertiary alicyclic amines) is 1. The Morgan fingerprint density at radius 2 is 1.57 bits per heavy atom. The molecule has 270 valence electrons. The first-order valence-corrected chi connectivity index (χ1v) is 18.0. The fourth-order valence-corrected chi connectivity index (χ4v) is 7.52. The Hall–Kier alpha value is -5.75. The van der Waals surface area contributed by atoms with Gasteiger partial charge in [0.05, 0.1) is 17.1 Å². The molecule has 6 aromatic rings. The molecule has 3 aromatic heterocycles. The Morgan fingerprint density at radius 3 is 2.34 bits per heavy atom. The molecule has 0 bridgehead atoms. The third kappa shape index (κ3) is 7.06. The van der Waals surface area contributed by atoms with E-state index in [1.54, 1.807) is 47.1 Å². The van der Waals surface area contributed by atoms with Crippen LogP contribution in [0.1, 0.15) is 48.0 Å². The molecule has 0 unspecified atom stereocenters. The average molecular weight is 717 g/mol. The van der Waals surface area contributed by atoms with Gasteiger partial charge in [-0.15, -0.1) is 0 Å². The number of pyridine rings is 1. The summed E-state index contributed by atoms with van der Waals surface area (Å²) in [7, 11) is 0. The number of halogens is 3. The molecule has 3 aromatic carbocycles. The van der Waals surface area contributed by atoms with Crippen LogP contribution in [0.4, 0.5) is 36.2 Å². The molecule has 1 amide bonds. The summed E-state index contributed by atoms with van der Waals surface area (Å²) in [4.78, 5) is 32.3. The molecular formula is C41H39F3N8O. The molecule has 0 atom stereocenters. The van der Waals surface area contributed by atoms with Gasteiger partial charge in [0.1, 0.15) is 17.3 Å². The van der Waals surface area contributed by atoms with Crippen LogP contribution in [0, 0.1) is 24.4 Å². The van der Waals surface area contributed by atoms with Gasteiger partial charge in [0, 0.05) is 54.0 Å². The molecule has 0 spiro atoms. The number of benzene rings is 3.